The Morgan fingerprint density at radius 2 is 1.73 bits per heavy atom. The summed E-state index contributed by atoms with van der Waals surface area (Å²) in [6, 6.07) is 12.9. The number of aliphatic hydroxyl groups excluding tert-OH is 1. The summed E-state index contributed by atoms with van der Waals surface area (Å²) in [5, 5.41) is 16.2. The summed E-state index contributed by atoms with van der Waals surface area (Å²) < 4.78 is 54.7. The number of nitrogens with zero attached hydrogens (tertiary/aromatic N) is 1. The Morgan fingerprint density at radius 3 is 2.37 bits per heavy atom. The van der Waals surface area contributed by atoms with Crippen LogP contribution in [0.25, 0.3) is 0 Å². The highest BCUT2D eigenvalue weighted by molar-refractivity contribution is 5.79. The molecule has 3 N–H and O–H groups in total. The minimum absolute atomic E-state index is 0.0717. The highest BCUT2D eigenvalue weighted by Crippen LogP contribution is 2.17. The molecule has 1 unspecified atom stereocenters. The molecule has 164 valence electrons. The van der Waals surface area contributed by atoms with E-state index in [0.717, 1.165) is 5.56 Å². The van der Waals surface area contributed by atoms with Gasteiger partial charge in [0.05, 0.1) is 19.3 Å². The van der Waals surface area contributed by atoms with Crippen LogP contribution in [0.1, 0.15) is 29.7 Å². The highest BCUT2D eigenvalue weighted by atomic mass is 19.4. The van der Waals surface area contributed by atoms with Gasteiger partial charge in [-0.15, -0.1) is 0 Å². The summed E-state index contributed by atoms with van der Waals surface area (Å²) in [7, 11) is 0. The fraction of sp³-hybridized carbons (Fsp3) is 0.381. The van der Waals surface area contributed by atoms with Crippen molar-refractivity contribution >= 4 is 5.96 Å². The number of benzene rings is 2. The maximum absolute atomic E-state index is 13.8. The monoisotopic (exact) mass is 427 g/mol. The third kappa shape index (κ3) is 8.38. The summed E-state index contributed by atoms with van der Waals surface area (Å²) in [6.07, 6.45) is -5.38. The molecule has 0 fully saturated rings. The maximum Gasteiger partial charge on any atom is 0.411 e. The first-order valence-electron chi connectivity index (χ1n) is 9.45. The number of alkyl halides is 3. The highest BCUT2D eigenvalue weighted by Gasteiger charge is 2.27. The van der Waals surface area contributed by atoms with E-state index in [-0.39, 0.29) is 18.7 Å². The number of aliphatic imine (C=N–C) groups is 1. The minimum atomic E-state index is -4.34. The summed E-state index contributed by atoms with van der Waals surface area (Å²) in [5.74, 6) is -0.0291. The molecule has 9 heteroatoms. The van der Waals surface area contributed by atoms with E-state index in [1.54, 1.807) is 36.4 Å². The van der Waals surface area contributed by atoms with Gasteiger partial charge in [-0.3, -0.25) is 0 Å². The Bertz CT molecular complexity index is 811. The molecule has 0 radical (unpaired) electrons. The van der Waals surface area contributed by atoms with Crippen LogP contribution in [0.15, 0.2) is 53.5 Å². The first-order valence-corrected chi connectivity index (χ1v) is 9.45. The van der Waals surface area contributed by atoms with Crippen molar-refractivity contribution in [2.75, 3.05) is 19.7 Å². The van der Waals surface area contributed by atoms with Crippen molar-refractivity contribution in [2.24, 2.45) is 4.99 Å². The average molecular weight is 427 g/mol. The lowest BCUT2D eigenvalue weighted by molar-refractivity contribution is -0.176. The summed E-state index contributed by atoms with van der Waals surface area (Å²) in [4.78, 5) is 4.41. The lowest BCUT2D eigenvalue weighted by Gasteiger charge is -2.16. The number of hydrogen-bond acceptors (Lipinski definition) is 3. The molecule has 0 aliphatic carbocycles. The molecule has 0 amide bonds. The van der Waals surface area contributed by atoms with Gasteiger partial charge in [0.25, 0.3) is 0 Å². The van der Waals surface area contributed by atoms with Gasteiger partial charge in [-0.2, -0.15) is 13.2 Å². The van der Waals surface area contributed by atoms with Crippen molar-refractivity contribution in [3.63, 3.8) is 0 Å². The van der Waals surface area contributed by atoms with Crippen molar-refractivity contribution in [1.29, 1.82) is 0 Å². The van der Waals surface area contributed by atoms with E-state index in [0.29, 0.717) is 24.6 Å². The molecule has 0 aliphatic rings. The number of aliphatic hydroxyl groups is 1. The molecule has 1 atom stereocenters. The third-order valence-corrected chi connectivity index (χ3v) is 4.05. The molecule has 0 saturated heterocycles. The Balaban J connectivity index is 1.88. The first-order chi connectivity index (χ1) is 14.3. The molecule has 0 aliphatic heterocycles. The Labute approximate surface area is 172 Å². The fourth-order valence-corrected chi connectivity index (χ4v) is 2.59. The number of halogens is 4. The van der Waals surface area contributed by atoms with Crippen molar-refractivity contribution in [2.45, 2.75) is 32.4 Å². The summed E-state index contributed by atoms with van der Waals surface area (Å²) >= 11 is 0. The smallest absolute Gasteiger partial charge is 0.386 e. The van der Waals surface area contributed by atoms with Gasteiger partial charge in [0.1, 0.15) is 12.4 Å². The van der Waals surface area contributed by atoms with Gasteiger partial charge in [0.15, 0.2) is 5.96 Å². The molecule has 2 aromatic carbocycles. The van der Waals surface area contributed by atoms with Gasteiger partial charge < -0.3 is 20.5 Å². The van der Waals surface area contributed by atoms with Crippen LogP contribution in [0.5, 0.6) is 0 Å². The molecule has 0 bridgehead atoms. The molecule has 0 aromatic heterocycles. The van der Waals surface area contributed by atoms with E-state index in [1.165, 1.54) is 12.1 Å². The summed E-state index contributed by atoms with van der Waals surface area (Å²) in [5.41, 5.74) is 1.68. The zero-order chi connectivity index (χ0) is 22.0. The maximum atomic E-state index is 13.8. The van der Waals surface area contributed by atoms with Crippen LogP contribution in [0, 0.1) is 5.82 Å². The summed E-state index contributed by atoms with van der Waals surface area (Å²) in [6.45, 7) is 1.46. The number of ether oxygens (including phenoxy) is 1. The van der Waals surface area contributed by atoms with Crippen LogP contribution in [-0.4, -0.2) is 36.9 Å². The second-order valence-electron chi connectivity index (χ2n) is 6.54. The van der Waals surface area contributed by atoms with Crippen molar-refractivity contribution in [3.8, 4) is 0 Å². The van der Waals surface area contributed by atoms with Gasteiger partial charge in [-0.05, 0) is 24.1 Å². The zero-order valence-corrected chi connectivity index (χ0v) is 16.5. The lowest BCUT2D eigenvalue weighted by Crippen LogP contribution is -2.39. The lowest BCUT2D eigenvalue weighted by atomic mass is 10.1. The Morgan fingerprint density at radius 1 is 1.07 bits per heavy atom. The zero-order valence-electron chi connectivity index (χ0n) is 16.5. The molecule has 0 spiro atoms. The van der Waals surface area contributed by atoms with Gasteiger partial charge >= 0.3 is 6.18 Å². The van der Waals surface area contributed by atoms with E-state index in [2.05, 4.69) is 20.4 Å². The minimum Gasteiger partial charge on any atom is -0.386 e. The van der Waals surface area contributed by atoms with Gasteiger partial charge in [0.2, 0.25) is 0 Å². The second kappa shape index (κ2) is 11.5. The average Bonchev–Trinajstić information content (AvgIpc) is 2.70. The van der Waals surface area contributed by atoms with Crippen LogP contribution in [0.4, 0.5) is 17.6 Å². The van der Waals surface area contributed by atoms with Gasteiger partial charge in [-0.25, -0.2) is 9.38 Å². The first kappa shape index (κ1) is 23.6. The molecular weight excluding hydrogens is 402 g/mol. The molecule has 0 heterocycles. The SMILES string of the molecule is CCNC(=NCc1ccc(COCC(F)(F)F)cc1)NCC(O)c1ccccc1F. The van der Waals surface area contributed by atoms with Crippen LogP contribution >= 0.6 is 0 Å². The van der Waals surface area contributed by atoms with E-state index in [4.69, 9.17) is 0 Å². The van der Waals surface area contributed by atoms with Gasteiger partial charge in [0, 0.05) is 18.7 Å². The molecule has 2 aromatic rings. The topological polar surface area (TPSA) is 65.9 Å². The molecule has 2 rings (SSSR count). The van der Waals surface area contributed by atoms with Crippen molar-refractivity contribution in [1.82, 2.24) is 10.6 Å². The van der Waals surface area contributed by atoms with Crippen molar-refractivity contribution in [3.05, 3.63) is 71.0 Å². The number of nitrogens with one attached hydrogen (secondary N) is 2. The molecule has 30 heavy (non-hydrogen) atoms. The quantitative estimate of drug-likeness (QED) is 0.324. The van der Waals surface area contributed by atoms with Crippen LogP contribution < -0.4 is 10.6 Å². The van der Waals surface area contributed by atoms with Crippen molar-refractivity contribution < 1.29 is 27.4 Å². The van der Waals surface area contributed by atoms with E-state index >= 15 is 0 Å². The number of rotatable bonds is 9. The van der Waals surface area contributed by atoms with E-state index in [1.807, 2.05) is 6.92 Å². The van der Waals surface area contributed by atoms with E-state index < -0.39 is 24.7 Å². The molecule has 5 nitrogen and oxygen atoms in total. The standard InChI is InChI=1S/C21H25F4N3O2/c1-2-26-20(28-12-19(29)17-5-3-4-6-18(17)22)27-11-15-7-9-16(10-8-15)13-30-14-21(23,24)25/h3-10,19,29H,2,11-14H2,1H3,(H2,26,27,28). The van der Waals surface area contributed by atoms with Gasteiger partial charge in [-0.1, -0.05) is 42.5 Å². The number of hydrogen-bond donors (Lipinski definition) is 3. The largest absolute Gasteiger partial charge is 0.411 e. The van der Waals surface area contributed by atoms with Crippen LogP contribution in [0.2, 0.25) is 0 Å². The Hall–Kier alpha value is -2.65. The van der Waals surface area contributed by atoms with E-state index in [9.17, 15) is 22.7 Å². The van der Waals surface area contributed by atoms with Crippen LogP contribution in [-0.2, 0) is 17.9 Å². The third-order valence-electron chi connectivity index (χ3n) is 4.05. The fourth-order valence-electron chi connectivity index (χ4n) is 2.59. The Kier molecular flexibility index (Phi) is 9.07. The second-order valence-corrected chi connectivity index (χ2v) is 6.54. The predicted molar refractivity (Wildman–Crippen MR) is 106 cm³/mol. The molecule has 0 saturated carbocycles. The molecular formula is C21H25F4N3O2. The van der Waals surface area contributed by atoms with Crippen LogP contribution in [0.3, 0.4) is 0 Å². The normalized spacial score (nSPS) is 13.2. The number of guanidine groups is 1. The predicted octanol–water partition coefficient (Wildman–Crippen LogP) is 3.69.